The standard InChI is InChI=1S/C20H21N5O5S/c1-2-25-20(28)16-6-4-3-5-15(16)18(24-25)19(27)23-22-17(26)12-9-13-7-10-14(11-8-13)31(21,29)30/h3-8,10-11H,2,9,12H2,1H3,(H,22,26)(H,23,27)(H2,21,29,30). The van der Waals surface area contributed by atoms with Gasteiger partial charge < -0.3 is 0 Å². The second-order valence-electron chi connectivity index (χ2n) is 6.71. The number of primary sulfonamides is 1. The fourth-order valence-corrected chi connectivity index (χ4v) is 3.48. The Labute approximate surface area is 178 Å². The van der Waals surface area contributed by atoms with Crippen molar-refractivity contribution in [3.05, 3.63) is 70.1 Å². The van der Waals surface area contributed by atoms with Gasteiger partial charge in [0.05, 0.1) is 10.3 Å². The van der Waals surface area contributed by atoms with Gasteiger partial charge >= 0.3 is 0 Å². The summed E-state index contributed by atoms with van der Waals surface area (Å²) in [5.41, 5.74) is 5.09. The summed E-state index contributed by atoms with van der Waals surface area (Å²) in [6.07, 6.45) is 0.381. The number of rotatable bonds is 6. The van der Waals surface area contributed by atoms with E-state index in [9.17, 15) is 22.8 Å². The lowest BCUT2D eigenvalue weighted by Crippen LogP contribution is -2.42. The summed E-state index contributed by atoms with van der Waals surface area (Å²) < 4.78 is 23.7. The molecule has 2 aromatic carbocycles. The van der Waals surface area contributed by atoms with Crippen LogP contribution in [0.5, 0.6) is 0 Å². The molecule has 0 aliphatic rings. The normalized spacial score (nSPS) is 11.3. The quantitative estimate of drug-likeness (QED) is 0.470. The van der Waals surface area contributed by atoms with Gasteiger partial charge in [0, 0.05) is 18.4 Å². The molecule has 31 heavy (non-hydrogen) atoms. The highest BCUT2D eigenvalue weighted by Crippen LogP contribution is 2.13. The van der Waals surface area contributed by atoms with Crippen LogP contribution in [0, 0.1) is 0 Å². The third kappa shape index (κ3) is 5.13. The lowest BCUT2D eigenvalue weighted by molar-refractivity contribution is -0.121. The minimum Gasteiger partial charge on any atom is -0.273 e. The number of fused-ring (bicyclic) bond motifs is 1. The van der Waals surface area contributed by atoms with Crippen molar-refractivity contribution in [3.63, 3.8) is 0 Å². The van der Waals surface area contributed by atoms with E-state index in [4.69, 9.17) is 5.14 Å². The van der Waals surface area contributed by atoms with Crippen LogP contribution >= 0.6 is 0 Å². The van der Waals surface area contributed by atoms with Crippen molar-refractivity contribution in [2.75, 3.05) is 0 Å². The van der Waals surface area contributed by atoms with Crippen molar-refractivity contribution >= 4 is 32.6 Å². The Balaban J connectivity index is 1.64. The average molecular weight is 443 g/mol. The fraction of sp³-hybridized carbons (Fsp3) is 0.200. The molecule has 0 spiro atoms. The van der Waals surface area contributed by atoms with Crippen LogP contribution in [-0.2, 0) is 27.8 Å². The summed E-state index contributed by atoms with van der Waals surface area (Å²) in [6, 6.07) is 12.5. The van der Waals surface area contributed by atoms with E-state index in [0.29, 0.717) is 23.7 Å². The predicted molar refractivity (Wildman–Crippen MR) is 113 cm³/mol. The first-order valence-electron chi connectivity index (χ1n) is 9.41. The zero-order valence-corrected chi connectivity index (χ0v) is 17.5. The van der Waals surface area contributed by atoms with E-state index in [-0.39, 0.29) is 22.6 Å². The molecule has 0 saturated carbocycles. The maximum Gasteiger partial charge on any atom is 0.290 e. The van der Waals surface area contributed by atoms with E-state index >= 15 is 0 Å². The predicted octanol–water partition coefficient (Wildman–Crippen LogP) is 0.458. The number of aryl methyl sites for hydroxylation is 2. The minimum absolute atomic E-state index is 0.0129. The average Bonchev–Trinajstić information content (AvgIpc) is 2.76. The SMILES string of the molecule is CCn1nc(C(=O)NNC(=O)CCc2ccc(S(N)(=O)=O)cc2)c2ccccc2c1=O. The van der Waals surface area contributed by atoms with Gasteiger partial charge in [0.1, 0.15) is 0 Å². The molecule has 0 aliphatic carbocycles. The minimum atomic E-state index is -3.77. The Bertz CT molecular complexity index is 1300. The molecule has 1 heterocycles. The van der Waals surface area contributed by atoms with Gasteiger partial charge in [0.2, 0.25) is 15.9 Å². The van der Waals surface area contributed by atoms with Crippen molar-refractivity contribution in [2.24, 2.45) is 5.14 Å². The highest BCUT2D eigenvalue weighted by atomic mass is 32.2. The molecule has 3 aromatic rings. The van der Waals surface area contributed by atoms with Crippen molar-refractivity contribution in [2.45, 2.75) is 31.2 Å². The zero-order valence-electron chi connectivity index (χ0n) is 16.7. The summed E-state index contributed by atoms with van der Waals surface area (Å²) in [5.74, 6) is -1.10. The third-order valence-corrected chi connectivity index (χ3v) is 5.52. The first-order valence-corrected chi connectivity index (χ1v) is 11.0. The number of hydrogen-bond donors (Lipinski definition) is 3. The summed E-state index contributed by atoms with van der Waals surface area (Å²) >= 11 is 0. The van der Waals surface area contributed by atoms with E-state index in [1.54, 1.807) is 43.3 Å². The number of amides is 2. The highest BCUT2D eigenvalue weighted by Gasteiger charge is 2.17. The van der Waals surface area contributed by atoms with Crippen LogP contribution in [0.15, 0.2) is 58.2 Å². The number of benzene rings is 2. The van der Waals surface area contributed by atoms with E-state index in [1.165, 1.54) is 16.8 Å². The second-order valence-corrected chi connectivity index (χ2v) is 8.27. The Morgan fingerprint density at radius 2 is 1.68 bits per heavy atom. The van der Waals surface area contributed by atoms with Crippen molar-refractivity contribution in [1.82, 2.24) is 20.6 Å². The molecule has 0 atom stereocenters. The van der Waals surface area contributed by atoms with Gasteiger partial charge in [0.25, 0.3) is 11.5 Å². The number of nitrogens with two attached hydrogens (primary N) is 1. The van der Waals surface area contributed by atoms with Crippen LogP contribution < -0.4 is 21.5 Å². The molecule has 0 unspecified atom stereocenters. The van der Waals surface area contributed by atoms with Gasteiger partial charge in [-0.25, -0.2) is 18.2 Å². The van der Waals surface area contributed by atoms with E-state index in [0.717, 1.165) is 5.56 Å². The van der Waals surface area contributed by atoms with Crippen LogP contribution in [0.4, 0.5) is 0 Å². The van der Waals surface area contributed by atoms with Crippen LogP contribution in [0.1, 0.15) is 29.4 Å². The number of hydrazine groups is 1. The van der Waals surface area contributed by atoms with Gasteiger partial charge in [-0.05, 0) is 37.1 Å². The molecule has 3 rings (SSSR count). The van der Waals surface area contributed by atoms with Crippen molar-refractivity contribution < 1.29 is 18.0 Å². The number of hydrogen-bond acceptors (Lipinski definition) is 6. The smallest absolute Gasteiger partial charge is 0.273 e. The molecule has 2 amide bonds. The van der Waals surface area contributed by atoms with Gasteiger partial charge in [-0.2, -0.15) is 5.10 Å². The summed E-state index contributed by atoms with van der Waals surface area (Å²) in [5, 5.41) is 9.90. The van der Waals surface area contributed by atoms with Gasteiger partial charge in [-0.1, -0.05) is 30.3 Å². The summed E-state index contributed by atoms with van der Waals surface area (Å²) in [6.45, 7) is 2.03. The molecule has 4 N–H and O–H groups in total. The van der Waals surface area contributed by atoms with E-state index in [1.807, 2.05) is 0 Å². The van der Waals surface area contributed by atoms with Crippen LogP contribution in [0.3, 0.4) is 0 Å². The number of nitrogens with zero attached hydrogens (tertiary/aromatic N) is 2. The number of carbonyl (C=O) groups excluding carboxylic acids is 2. The van der Waals surface area contributed by atoms with Crippen molar-refractivity contribution in [1.29, 1.82) is 0 Å². The second kappa shape index (κ2) is 9.06. The number of sulfonamides is 1. The lowest BCUT2D eigenvalue weighted by atomic mass is 10.1. The van der Waals surface area contributed by atoms with Crippen LogP contribution in [-0.4, -0.2) is 30.0 Å². The van der Waals surface area contributed by atoms with Crippen LogP contribution in [0.2, 0.25) is 0 Å². The lowest BCUT2D eigenvalue weighted by Gasteiger charge is -2.11. The molecule has 0 radical (unpaired) electrons. The largest absolute Gasteiger partial charge is 0.290 e. The topological polar surface area (TPSA) is 153 Å². The number of aromatic nitrogens is 2. The third-order valence-electron chi connectivity index (χ3n) is 4.59. The van der Waals surface area contributed by atoms with Crippen LogP contribution in [0.25, 0.3) is 10.8 Å². The summed E-state index contributed by atoms with van der Waals surface area (Å²) in [7, 11) is -3.77. The maximum atomic E-state index is 12.6. The van der Waals surface area contributed by atoms with E-state index < -0.39 is 21.8 Å². The zero-order chi connectivity index (χ0) is 22.6. The van der Waals surface area contributed by atoms with E-state index in [2.05, 4.69) is 16.0 Å². The molecular weight excluding hydrogens is 422 g/mol. The van der Waals surface area contributed by atoms with Gasteiger partial charge in [-0.15, -0.1) is 0 Å². The molecule has 10 nitrogen and oxygen atoms in total. The van der Waals surface area contributed by atoms with Gasteiger partial charge in [0.15, 0.2) is 5.69 Å². The molecule has 0 bridgehead atoms. The molecule has 0 aliphatic heterocycles. The Morgan fingerprint density at radius 1 is 1.03 bits per heavy atom. The molecular formula is C20H21N5O5S. The molecule has 0 fully saturated rings. The Hall–Kier alpha value is -3.57. The molecule has 11 heteroatoms. The Morgan fingerprint density at radius 3 is 2.29 bits per heavy atom. The highest BCUT2D eigenvalue weighted by molar-refractivity contribution is 7.89. The van der Waals surface area contributed by atoms with Crippen molar-refractivity contribution in [3.8, 4) is 0 Å². The molecule has 1 aromatic heterocycles. The maximum absolute atomic E-state index is 12.6. The van der Waals surface area contributed by atoms with Gasteiger partial charge in [-0.3, -0.25) is 25.2 Å². The monoisotopic (exact) mass is 443 g/mol. The number of carbonyl (C=O) groups is 2. The Kier molecular flexibility index (Phi) is 6.47. The number of nitrogens with one attached hydrogen (secondary N) is 2. The molecule has 0 saturated heterocycles. The summed E-state index contributed by atoms with van der Waals surface area (Å²) in [4.78, 5) is 37.0. The first kappa shape index (κ1) is 22.1. The first-order chi connectivity index (χ1) is 14.7. The molecule has 162 valence electrons. The fourth-order valence-electron chi connectivity index (χ4n) is 2.97.